The van der Waals surface area contributed by atoms with Crippen molar-refractivity contribution in [2.45, 2.75) is 26.1 Å². The number of nitrogens with zero attached hydrogens (tertiary/aromatic N) is 1. The summed E-state index contributed by atoms with van der Waals surface area (Å²) in [6.07, 6.45) is 1.06. The molecule has 2 aromatic rings. The summed E-state index contributed by atoms with van der Waals surface area (Å²) in [6, 6.07) is 12.7. The van der Waals surface area contributed by atoms with E-state index in [0.717, 1.165) is 37.6 Å². The SMILES string of the molecule is NCc1cc2c(o1)CN(Cc1ccccc1)CC2. The van der Waals surface area contributed by atoms with Crippen LogP contribution in [0.4, 0.5) is 0 Å². The van der Waals surface area contributed by atoms with E-state index >= 15 is 0 Å². The van der Waals surface area contributed by atoms with Gasteiger partial charge in [0.25, 0.3) is 0 Å². The predicted molar refractivity (Wildman–Crippen MR) is 70.9 cm³/mol. The Morgan fingerprint density at radius 1 is 1.22 bits per heavy atom. The van der Waals surface area contributed by atoms with Gasteiger partial charge in [-0.15, -0.1) is 0 Å². The van der Waals surface area contributed by atoms with E-state index in [1.54, 1.807) is 0 Å². The van der Waals surface area contributed by atoms with Gasteiger partial charge in [0.2, 0.25) is 0 Å². The van der Waals surface area contributed by atoms with Gasteiger partial charge >= 0.3 is 0 Å². The third-order valence-corrected chi connectivity index (χ3v) is 3.46. The first kappa shape index (κ1) is 11.5. The summed E-state index contributed by atoms with van der Waals surface area (Å²) in [5.74, 6) is 2.00. The minimum absolute atomic E-state index is 0.492. The maximum atomic E-state index is 5.76. The molecule has 94 valence electrons. The van der Waals surface area contributed by atoms with Crippen LogP contribution in [0.25, 0.3) is 0 Å². The maximum Gasteiger partial charge on any atom is 0.121 e. The molecule has 3 nitrogen and oxygen atoms in total. The molecule has 0 saturated heterocycles. The highest BCUT2D eigenvalue weighted by atomic mass is 16.3. The number of fused-ring (bicyclic) bond motifs is 1. The normalized spacial score (nSPS) is 15.6. The zero-order valence-corrected chi connectivity index (χ0v) is 10.4. The molecule has 0 atom stereocenters. The first-order valence-corrected chi connectivity index (χ1v) is 6.42. The minimum Gasteiger partial charge on any atom is -0.463 e. The lowest BCUT2D eigenvalue weighted by Crippen LogP contribution is -2.29. The predicted octanol–water partition coefficient (Wildman–Crippen LogP) is 2.30. The van der Waals surface area contributed by atoms with Crippen molar-refractivity contribution in [2.24, 2.45) is 5.73 Å². The Morgan fingerprint density at radius 2 is 2.06 bits per heavy atom. The highest BCUT2D eigenvalue weighted by molar-refractivity contribution is 5.24. The Bertz CT molecular complexity index is 519. The molecule has 0 spiro atoms. The van der Waals surface area contributed by atoms with Gasteiger partial charge in [-0.3, -0.25) is 4.90 Å². The summed E-state index contributed by atoms with van der Waals surface area (Å²) in [4.78, 5) is 2.42. The van der Waals surface area contributed by atoms with E-state index in [1.165, 1.54) is 11.1 Å². The van der Waals surface area contributed by atoms with E-state index in [2.05, 4.69) is 41.3 Å². The number of rotatable bonds is 3. The van der Waals surface area contributed by atoms with Crippen molar-refractivity contribution in [3.63, 3.8) is 0 Å². The van der Waals surface area contributed by atoms with Gasteiger partial charge in [0.05, 0.1) is 13.1 Å². The van der Waals surface area contributed by atoms with Gasteiger partial charge in [0, 0.05) is 13.1 Å². The zero-order valence-electron chi connectivity index (χ0n) is 10.4. The number of benzene rings is 1. The number of furan rings is 1. The van der Waals surface area contributed by atoms with Crippen molar-refractivity contribution in [2.75, 3.05) is 6.54 Å². The van der Waals surface area contributed by atoms with Crippen LogP contribution in [0.1, 0.15) is 22.6 Å². The van der Waals surface area contributed by atoms with Crippen LogP contribution in [-0.4, -0.2) is 11.4 Å². The lowest BCUT2D eigenvalue weighted by molar-refractivity contribution is 0.219. The Labute approximate surface area is 107 Å². The van der Waals surface area contributed by atoms with Crippen LogP contribution < -0.4 is 5.73 Å². The molecule has 0 saturated carbocycles. The highest BCUT2D eigenvalue weighted by Gasteiger charge is 2.20. The smallest absolute Gasteiger partial charge is 0.121 e. The summed E-state index contributed by atoms with van der Waals surface area (Å²) in [5.41, 5.74) is 8.30. The van der Waals surface area contributed by atoms with Crippen LogP contribution in [0.15, 0.2) is 40.8 Å². The summed E-state index contributed by atoms with van der Waals surface area (Å²) in [7, 11) is 0. The molecule has 1 aromatic carbocycles. The van der Waals surface area contributed by atoms with Crippen LogP contribution in [0.3, 0.4) is 0 Å². The molecule has 1 aliphatic heterocycles. The van der Waals surface area contributed by atoms with Gasteiger partial charge in [-0.1, -0.05) is 30.3 Å². The zero-order chi connectivity index (χ0) is 12.4. The lowest BCUT2D eigenvalue weighted by atomic mass is 10.1. The van der Waals surface area contributed by atoms with Gasteiger partial charge in [0.15, 0.2) is 0 Å². The molecule has 0 aliphatic carbocycles. The molecule has 2 N–H and O–H groups in total. The van der Waals surface area contributed by atoms with Crippen molar-refractivity contribution in [1.82, 2.24) is 4.90 Å². The molecule has 0 amide bonds. The average molecular weight is 242 g/mol. The molecule has 2 heterocycles. The average Bonchev–Trinajstić information content (AvgIpc) is 2.82. The van der Waals surface area contributed by atoms with E-state index in [4.69, 9.17) is 10.2 Å². The Hall–Kier alpha value is -1.58. The van der Waals surface area contributed by atoms with Crippen molar-refractivity contribution in [3.05, 3.63) is 59.0 Å². The van der Waals surface area contributed by atoms with Crippen LogP contribution >= 0.6 is 0 Å². The van der Waals surface area contributed by atoms with Gasteiger partial charge < -0.3 is 10.2 Å². The summed E-state index contributed by atoms with van der Waals surface area (Å²) in [6.45, 7) is 3.46. The molecule has 3 heteroatoms. The van der Waals surface area contributed by atoms with E-state index in [-0.39, 0.29) is 0 Å². The van der Waals surface area contributed by atoms with E-state index in [0.29, 0.717) is 6.54 Å². The first-order chi connectivity index (χ1) is 8.85. The summed E-state index contributed by atoms with van der Waals surface area (Å²) in [5, 5.41) is 0. The second-order valence-electron chi connectivity index (χ2n) is 4.81. The molecule has 0 unspecified atom stereocenters. The Kier molecular flexibility index (Phi) is 3.17. The number of hydrogen-bond donors (Lipinski definition) is 1. The molecule has 0 radical (unpaired) electrons. The van der Waals surface area contributed by atoms with Crippen molar-refractivity contribution in [3.8, 4) is 0 Å². The lowest BCUT2D eigenvalue weighted by Gasteiger charge is -2.25. The van der Waals surface area contributed by atoms with E-state index in [9.17, 15) is 0 Å². The van der Waals surface area contributed by atoms with Crippen LogP contribution in [-0.2, 0) is 26.1 Å². The Balaban J connectivity index is 1.71. The quantitative estimate of drug-likeness (QED) is 0.898. The molecule has 18 heavy (non-hydrogen) atoms. The molecule has 1 aliphatic rings. The Morgan fingerprint density at radius 3 is 2.83 bits per heavy atom. The first-order valence-electron chi connectivity index (χ1n) is 6.42. The molecule has 1 aromatic heterocycles. The summed E-state index contributed by atoms with van der Waals surface area (Å²) < 4.78 is 5.76. The fraction of sp³-hybridized carbons (Fsp3) is 0.333. The second-order valence-corrected chi connectivity index (χ2v) is 4.81. The number of hydrogen-bond acceptors (Lipinski definition) is 3. The molecule has 3 rings (SSSR count). The van der Waals surface area contributed by atoms with Crippen molar-refractivity contribution in [1.29, 1.82) is 0 Å². The number of nitrogens with two attached hydrogens (primary N) is 1. The van der Waals surface area contributed by atoms with Crippen molar-refractivity contribution < 1.29 is 4.42 Å². The molecule has 0 bridgehead atoms. The minimum atomic E-state index is 0.492. The fourth-order valence-electron chi connectivity index (χ4n) is 2.51. The fourth-order valence-corrected chi connectivity index (χ4v) is 2.51. The van der Waals surface area contributed by atoms with E-state index < -0.39 is 0 Å². The van der Waals surface area contributed by atoms with Gasteiger partial charge in [-0.05, 0) is 23.6 Å². The summed E-state index contributed by atoms with van der Waals surface area (Å²) >= 11 is 0. The molecular weight excluding hydrogens is 224 g/mol. The molecular formula is C15H18N2O. The van der Waals surface area contributed by atoms with Crippen molar-refractivity contribution >= 4 is 0 Å². The highest BCUT2D eigenvalue weighted by Crippen LogP contribution is 2.23. The van der Waals surface area contributed by atoms with Gasteiger partial charge in [0.1, 0.15) is 11.5 Å². The van der Waals surface area contributed by atoms with E-state index in [1.807, 2.05) is 0 Å². The second kappa shape index (κ2) is 4.96. The third kappa shape index (κ3) is 2.33. The van der Waals surface area contributed by atoms with Crippen LogP contribution in [0.5, 0.6) is 0 Å². The largest absolute Gasteiger partial charge is 0.463 e. The van der Waals surface area contributed by atoms with Crippen LogP contribution in [0.2, 0.25) is 0 Å². The maximum absolute atomic E-state index is 5.76. The van der Waals surface area contributed by atoms with Gasteiger partial charge in [-0.25, -0.2) is 0 Å². The van der Waals surface area contributed by atoms with Crippen LogP contribution in [0, 0.1) is 0 Å². The monoisotopic (exact) mass is 242 g/mol. The third-order valence-electron chi connectivity index (χ3n) is 3.46. The topological polar surface area (TPSA) is 42.4 Å². The molecule has 0 fully saturated rings. The van der Waals surface area contributed by atoms with Gasteiger partial charge in [-0.2, -0.15) is 0 Å². The standard InChI is InChI=1S/C15H18N2O/c16-9-14-8-13-6-7-17(11-15(13)18-14)10-12-4-2-1-3-5-12/h1-5,8H,6-7,9-11,16H2.